The van der Waals surface area contributed by atoms with Gasteiger partial charge in [0.05, 0.1) is 0 Å². The summed E-state index contributed by atoms with van der Waals surface area (Å²) in [5.41, 5.74) is 2.31. The van der Waals surface area contributed by atoms with Crippen molar-refractivity contribution in [3.05, 3.63) is 47.0 Å². The predicted octanol–water partition coefficient (Wildman–Crippen LogP) is 2.73. The van der Waals surface area contributed by atoms with Crippen LogP contribution in [-0.2, 0) is 13.0 Å². The Labute approximate surface area is 125 Å². The molecule has 0 unspecified atom stereocenters. The number of carbonyl (C=O) groups excluding carboxylic acids is 1. The fourth-order valence-electron chi connectivity index (χ4n) is 2.24. The molecule has 5 nitrogen and oxygen atoms in total. The molecular weight excluding hydrogens is 264 g/mol. The van der Waals surface area contributed by atoms with Crippen molar-refractivity contribution in [2.24, 2.45) is 0 Å². The summed E-state index contributed by atoms with van der Waals surface area (Å²) in [4.78, 5) is 18.5. The standard InChI is InChI=1S/C16H22N4O/c1-4-7-14-17-15(19-18-14)16(21)20(5-2)11-13-9-6-8-12(3)10-13/h6,8-10H,4-5,7,11H2,1-3H3,(H,17,18,19). The summed E-state index contributed by atoms with van der Waals surface area (Å²) >= 11 is 0. The van der Waals surface area contributed by atoms with Gasteiger partial charge in [0.2, 0.25) is 5.82 Å². The first-order valence-electron chi connectivity index (χ1n) is 7.40. The Balaban J connectivity index is 2.10. The topological polar surface area (TPSA) is 61.9 Å². The number of rotatable bonds is 6. The van der Waals surface area contributed by atoms with Crippen LogP contribution in [0.2, 0.25) is 0 Å². The summed E-state index contributed by atoms with van der Waals surface area (Å²) in [5.74, 6) is 0.901. The van der Waals surface area contributed by atoms with E-state index in [2.05, 4.69) is 28.2 Å². The smallest absolute Gasteiger partial charge is 0.293 e. The van der Waals surface area contributed by atoms with Gasteiger partial charge in [-0.1, -0.05) is 36.8 Å². The van der Waals surface area contributed by atoms with E-state index in [4.69, 9.17) is 0 Å². The van der Waals surface area contributed by atoms with Gasteiger partial charge in [-0.25, -0.2) is 4.98 Å². The fourth-order valence-corrected chi connectivity index (χ4v) is 2.24. The van der Waals surface area contributed by atoms with Crippen molar-refractivity contribution in [2.75, 3.05) is 6.54 Å². The quantitative estimate of drug-likeness (QED) is 0.888. The van der Waals surface area contributed by atoms with Gasteiger partial charge in [0, 0.05) is 19.5 Å². The Kier molecular flexibility index (Phi) is 5.09. The van der Waals surface area contributed by atoms with Crippen molar-refractivity contribution in [1.82, 2.24) is 20.1 Å². The number of nitrogens with zero attached hydrogens (tertiary/aromatic N) is 3. The summed E-state index contributed by atoms with van der Waals surface area (Å²) < 4.78 is 0. The SMILES string of the molecule is CCCc1nc(C(=O)N(CC)Cc2cccc(C)c2)n[nH]1. The maximum absolute atomic E-state index is 12.5. The highest BCUT2D eigenvalue weighted by molar-refractivity contribution is 5.90. The Bertz CT molecular complexity index is 606. The number of aryl methyl sites for hydroxylation is 2. The number of aromatic amines is 1. The van der Waals surface area contributed by atoms with E-state index in [-0.39, 0.29) is 11.7 Å². The molecule has 1 heterocycles. The molecular formula is C16H22N4O. The van der Waals surface area contributed by atoms with Crippen LogP contribution in [0.1, 0.15) is 47.8 Å². The highest BCUT2D eigenvalue weighted by Crippen LogP contribution is 2.10. The van der Waals surface area contributed by atoms with Gasteiger partial charge in [-0.3, -0.25) is 9.89 Å². The van der Waals surface area contributed by atoms with Crippen LogP contribution >= 0.6 is 0 Å². The van der Waals surface area contributed by atoms with Crippen molar-refractivity contribution < 1.29 is 4.79 Å². The van der Waals surface area contributed by atoms with Gasteiger partial charge >= 0.3 is 0 Å². The average molecular weight is 286 g/mol. The minimum absolute atomic E-state index is 0.127. The first-order chi connectivity index (χ1) is 10.1. The van der Waals surface area contributed by atoms with E-state index in [1.807, 2.05) is 32.0 Å². The normalized spacial score (nSPS) is 10.6. The van der Waals surface area contributed by atoms with E-state index in [1.165, 1.54) is 5.56 Å². The maximum Gasteiger partial charge on any atom is 0.293 e. The molecule has 2 aromatic rings. The predicted molar refractivity (Wildman–Crippen MR) is 82.0 cm³/mol. The molecule has 112 valence electrons. The van der Waals surface area contributed by atoms with Crippen molar-refractivity contribution in [3.8, 4) is 0 Å². The molecule has 2 rings (SSSR count). The van der Waals surface area contributed by atoms with Crippen LogP contribution < -0.4 is 0 Å². The molecule has 0 atom stereocenters. The number of H-pyrrole nitrogens is 1. The Hall–Kier alpha value is -2.17. The molecule has 1 aromatic heterocycles. The zero-order chi connectivity index (χ0) is 15.2. The van der Waals surface area contributed by atoms with Crippen LogP contribution in [0.4, 0.5) is 0 Å². The van der Waals surface area contributed by atoms with E-state index in [9.17, 15) is 4.79 Å². The lowest BCUT2D eigenvalue weighted by molar-refractivity contribution is 0.0740. The van der Waals surface area contributed by atoms with Gasteiger partial charge < -0.3 is 4.90 Å². The van der Waals surface area contributed by atoms with E-state index in [0.29, 0.717) is 13.1 Å². The second-order valence-electron chi connectivity index (χ2n) is 5.16. The molecule has 1 amide bonds. The first kappa shape index (κ1) is 15.2. The number of nitrogens with one attached hydrogen (secondary N) is 1. The molecule has 5 heteroatoms. The Morgan fingerprint density at radius 3 is 2.81 bits per heavy atom. The summed E-state index contributed by atoms with van der Waals surface area (Å²) in [7, 11) is 0. The van der Waals surface area contributed by atoms with Gasteiger partial charge in [0.25, 0.3) is 5.91 Å². The summed E-state index contributed by atoms with van der Waals surface area (Å²) in [6.45, 7) is 7.29. The van der Waals surface area contributed by atoms with E-state index >= 15 is 0 Å². The van der Waals surface area contributed by atoms with Crippen molar-refractivity contribution in [2.45, 2.75) is 40.2 Å². The number of aromatic nitrogens is 3. The van der Waals surface area contributed by atoms with Gasteiger partial charge in [-0.05, 0) is 25.8 Å². The van der Waals surface area contributed by atoms with Crippen LogP contribution in [-0.4, -0.2) is 32.5 Å². The second-order valence-corrected chi connectivity index (χ2v) is 5.16. The zero-order valence-electron chi connectivity index (χ0n) is 12.9. The van der Waals surface area contributed by atoms with Gasteiger partial charge in [-0.2, -0.15) is 0 Å². The number of hydrogen-bond donors (Lipinski definition) is 1. The lowest BCUT2D eigenvalue weighted by Gasteiger charge is -2.19. The fraction of sp³-hybridized carbons (Fsp3) is 0.438. The maximum atomic E-state index is 12.5. The molecule has 0 saturated heterocycles. The van der Waals surface area contributed by atoms with Crippen LogP contribution in [0.3, 0.4) is 0 Å². The second kappa shape index (κ2) is 7.02. The molecule has 1 N–H and O–H groups in total. The molecule has 0 saturated carbocycles. The third-order valence-electron chi connectivity index (χ3n) is 3.33. The largest absolute Gasteiger partial charge is 0.332 e. The van der Waals surface area contributed by atoms with Crippen LogP contribution in [0, 0.1) is 6.92 Å². The third-order valence-corrected chi connectivity index (χ3v) is 3.33. The Morgan fingerprint density at radius 2 is 2.14 bits per heavy atom. The summed E-state index contributed by atoms with van der Waals surface area (Å²) in [5, 5.41) is 6.87. The highest BCUT2D eigenvalue weighted by atomic mass is 16.2. The molecule has 0 fully saturated rings. The van der Waals surface area contributed by atoms with E-state index in [1.54, 1.807) is 4.90 Å². The third kappa shape index (κ3) is 3.90. The highest BCUT2D eigenvalue weighted by Gasteiger charge is 2.19. The first-order valence-corrected chi connectivity index (χ1v) is 7.40. The number of benzene rings is 1. The summed E-state index contributed by atoms with van der Waals surface area (Å²) in [6.07, 6.45) is 1.79. The van der Waals surface area contributed by atoms with Crippen LogP contribution in [0.15, 0.2) is 24.3 Å². The van der Waals surface area contributed by atoms with Crippen molar-refractivity contribution in [1.29, 1.82) is 0 Å². The lowest BCUT2D eigenvalue weighted by atomic mass is 10.1. The molecule has 0 bridgehead atoms. The molecule has 0 aliphatic rings. The average Bonchev–Trinajstić information content (AvgIpc) is 2.93. The lowest BCUT2D eigenvalue weighted by Crippen LogP contribution is -2.31. The summed E-state index contributed by atoms with van der Waals surface area (Å²) in [6, 6.07) is 8.18. The molecule has 21 heavy (non-hydrogen) atoms. The zero-order valence-corrected chi connectivity index (χ0v) is 12.9. The minimum atomic E-state index is -0.127. The van der Waals surface area contributed by atoms with Crippen LogP contribution in [0.25, 0.3) is 0 Å². The van der Waals surface area contributed by atoms with Crippen molar-refractivity contribution >= 4 is 5.91 Å². The number of carbonyl (C=O) groups is 1. The monoisotopic (exact) mass is 286 g/mol. The number of hydrogen-bond acceptors (Lipinski definition) is 3. The van der Waals surface area contributed by atoms with Gasteiger partial charge in [0.15, 0.2) is 0 Å². The van der Waals surface area contributed by atoms with Crippen LogP contribution in [0.5, 0.6) is 0 Å². The number of amides is 1. The minimum Gasteiger partial charge on any atom is -0.332 e. The molecule has 0 radical (unpaired) electrons. The molecule has 1 aromatic carbocycles. The van der Waals surface area contributed by atoms with E-state index < -0.39 is 0 Å². The molecule has 0 spiro atoms. The van der Waals surface area contributed by atoms with Crippen molar-refractivity contribution in [3.63, 3.8) is 0 Å². The molecule has 0 aliphatic heterocycles. The van der Waals surface area contributed by atoms with Gasteiger partial charge in [-0.15, -0.1) is 5.10 Å². The molecule has 0 aliphatic carbocycles. The van der Waals surface area contributed by atoms with Gasteiger partial charge in [0.1, 0.15) is 5.82 Å². The Morgan fingerprint density at radius 1 is 1.33 bits per heavy atom. The van der Waals surface area contributed by atoms with E-state index in [0.717, 1.165) is 24.2 Å².